The number of carbonyl (C=O) groups is 1. The van der Waals surface area contributed by atoms with Crippen molar-refractivity contribution in [2.75, 3.05) is 20.2 Å². The summed E-state index contributed by atoms with van der Waals surface area (Å²) in [5.41, 5.74) is 1.76. The summed E-state index contributed by atoms with van der Waals surface area (Å²) >= 11 is 0. The molecule has 28 heavy (non-hydrogen) atoms. The van der Waals surface area contributed by atoms with Crippen LogP contribution in [-0.4, -0.2) is 45.8 Å². The lowest BCUT2D eigenvalue weighted by Gasteiger charge is -2.32. The van der Waals surface area contributed by atoms with Crippen LogP contribution in [0.5, 0.6) is 5.75 Å². The van der Waals surface area contributed by atoms with Crippen LogP contribution in [0.4, 0.5) is 0 Å². The minimum Gasteiger partial charge on any atom is -0.497 e. The van der Waals surface area contributed by atoms with E-state index in [0.717, 1.165) is 43.9 Å². The van der Waals surface area contributed by atoms with E-state index in [2.05, 4.69) is 22.3 Å². The number of benzene rings is 2. The Morgan fingerprint density at radius 2 is 1.89 bits per heavy atom. The van der Waals surface area contributed by atoms with Crippen molar-refractivity contribution in [2.45, 2.75) is 19.3 Å². The molecule has 0 bridgehead atoms. The van der Waals surface area contributed by atoms with E-state index in [-0.39, 0.29) is 5.91 Å². The molecule has 1 aromatic heterocycles. The molecule has 6 heteroatoms. The lowest BCUT2D eigenvalue weighted by Crippen LogP contribution is -2.39. The van der Waals surface area contributed by atoms with Gasteiger partial charge in [0, 0.05) is 30.8 Å². The molecule has 2 heterocycles. The number of likely N-dealkylation sites (tertiary alicyclic amines) is 1. The second kappa shape index (κ2) is 8.25. The maximum absolute atomic E-state index is 12.8. The highest BCUT2D eigenvalue weighted by atomic mass is 16.5. The number of ether oxygens (including phenoxy) is 1. The number of amides is 1. The Morgan fingerprint density at radius 3 is 2.64 bits per heavy atom. The molecular weight excluding hydrogens is 352 g/mol. The maximum Gasteiger partial charge on any atom is 0.253 e. The predicted octanol–water partition coefficient (Wildman–Crippen LogP) is 3.37. The normalized spacial score (nSPS) is 14.8. The SMILES string of the molecule is COc1cccc(C(=O)N2CCC(Cc3nncn3-c3ccccc3)CC2)c1. The highest BCUT2D eigenvalue weighted by Crippen LogP contribution is 2.24. The first-order valence-corrected chi connectivity index (χ1v) is 9.62. The van der Waals surface area contributed by atoms with E-state index in [1.54, 1.807) is 19.5 Å². The molecule has 1 fully saturated rings. The fraction of sp³-hybridized carbons (Fsp3) is 0.318. The Kier molecular flexibility index (Phi) is 5.37. The Hall–Kier alpha value is -3.15. The molecule has 0 saturated carbocycles. The average molecular weight is 376 g/mol. The van der Waals surface area contributed by atoms with Crippen molar-refractivity contribution < 1.29 is 9.53 Å². The van der Waals surface area contributed by atoms with E-state index in [9.17, 15) is 4.79 Å². The molecule has 0 spiro atoms. The standard InChI is InChI=1S/C22H24N4O2/c1-28-20-9-5-6-18(15-20)22(27)25-12-10-17(11-13-25)14-21-24-23-16-26(21)19-7-3-2-4-8-19/h2-9,15-17H,10-14H2,1H3. The zero-order valence-corrected chi connectivity index (χ0v) is 16.0. The fourth-order valence-corrected chi connectivity index (χ4v) is 3.74. The Morgan fingerprint density at radius 1 is 1.11 bits per heavy atom. The van der Waals surface area contributed by atoms with Crippen LogP contribution in [0, 0.1) is 5.92 Å². The molecule has 2 aromatic carbocycles. The molecule has 1 aliphatic heterocycles. The summed E-state index contributed by atoms with van der Waals surface area (Å²) in [4.78, 5) is 14.7. The Bertz CT molecular complexity index is 930. The molecule has 0 radical (unpaired) electrons. The lowest BCUT2D eigenvalue weighted by atomic mass is 9.92. The fourth-order valence-electron chi connectivity index (χ4n) is 3.74. The van der Waals surface area contributed by atoms with Crippen molar-refractivity contribution in [1.29, 1.82) is 0 Å². The number of nitrogens with zero attached hydrogens (tertiary/aromatic N) is 4. The molecule has 0 unspecified atom stereocenters. The van der Waals surface area contributed by atoms with E-state index < -0.39 is 0 Å². The molecule has 0 atom stereocenters. The molecule has 0 N–H and O–H groups in total. The van der Waals surface area contributed by atoms with Gasteiger partial charge < -0.3 is 9.64 Å². The molecule has 4 rings (SSSR count). The van der Waals surface area contributed by atoms with E-state index in [1.807, 2.05) is 45.9 Å². The number of carbonyl (C=O) groups excluding carboxylic acids is 1. The quantitative estimate of drug-likeness (QED) is 0.685. The van der Waals surface area contributed by atoms with Crippen LogP contribution < -0.4 is 4.74 Å². The van der Waals surface area contributed by atoms with Gasteiger partial charge in [0.2, 0.25) is 0 Å². The molecule has 1 aliphatic rings. The average Bonchev–Trinajstić information content (AvgIpc) is 3.22. The monoisotopic (exact) mass is 376 g/mol. The second-order valence-corrected chi connectivity index (χ2v) is 7.12. The number of aromatic nitrogens is 3. The van der Waals surface area contributed by atoms with Gasteiger partial charge in [-0.05, 0) is 49.1 Å². The van der Waals surface area contributed by atoms with E-state index in [0.29, 0.717) is 17.2 Å². The number of methoxy groups -OCH3 is 1. The zero-order chi connectivity index (χ0) is 19.3. The Labute approximate surface area is 164 Å². The van der Waals surface area contributed by atoms with Gasteiger partial charge in [0.05, 0.1) is 7.11 Å². The highest BCUT2D eigenvalue weighted by Gasteiger charge is 2.25. The van der Waals surface area contributed by atoms with Crippen LogP contribution in [0.3, 0.4) is 0 Å². The first-order valence-electron chi connectivity index (χ1n) is 9.62. The van der Waals surface area contributed by atoms with Crippen molar-refractivity contribution in [3.8, 4) is 11.4 Å². The first-order chi connectivity index (χ1) is 13.7. The van der Waals surface area contributed by atoms with Gasteiger partial charge in [-0.3, -0.25) is 9.36 Å². The number of rotatable bonds is 5. The number of piperidine rings is 1. The van der Waals surface area contributed by atoms with Gasteiger partial charge in [-0.15, -0.1) is 10.2 Å². The van der Waals surface area contributed by atoms with Crippen molar-refractivity contribution in [2.24, 2.45) is 5.92 Å². The summed E-state index contributed by atoms with van der Waals surface area (Å²) in [5, 5.41) is 8.43. The van der Waals surface area contributed by atoms with Crippen LogP contribution in [0.15, 0.2) is 60.9 Å². The molecule has 144 valence electrons. The van der Waals surface area contributed by atoms with Crippen molar-refractivity contribution in [1.82, 2.24) is 19.7 Å². The second-order valence-electron chi connectivity index (χ2n) is 7.12. The lowest BCUT2D eigenvalue weighted by molar-refractivity contribution is 0.0689. The Balaban J connectivity index is 1.37. The summed E-state index contributed by atoms with van der Waals surface area (Å²) in [6.45, 7) is 1.53. The van der Waals surface area contributed by atoms with Gasteiger partial charge in [0.15, 0.2) is 0 Å². The zero-order valence-electron chi connectivity index (χ0n) is 16.0. The van der Waals surface area contributed by atoms with Gasteiger partial charge in [0.25, 0.3) is 5.91 Å². The molecule has 0 aliphatic carbocycles. The number of para-hydroxylation sites is 1. The van der Waals surface area contributed by atoms with Crippen molar-refractivity contribution in [3.63, 3.8) is 0 Å². The minimum absolute atomic E-state index is 0.0739. The molecule has 1 saturated heterocycles. The smallest absolute Gasteiger partial charge is 0.253 e. The summed E-state index contributed by atoms with van der Waals surface area (Å²) in [6, 6.07) is 17.5. The third-order valence-corrected chi connectivity index (χ3v) is 5.34. The van der Waals surface area contributed by atoms with E-state index in [4.69, 9.17) is 4.74 Å². The van der Waals surface area contributed by atoms with Gasteiger partial charge in [-0.1, -0.05) is 24.3 Å². The predicted molar refractivity (Wildman–Crippen MR) is 107 cm³/mol. The van der Waals surface area contributed by atoms with E-state index in [1.165, 1.54) is 0 Å². The topological polar surface area (TPSA) is 60.2 Å². The third kappa shape index (κ3) is 3.91. The van der Waals surface area contributed by atoms with Gasteiger partial charge in [-0.25, -0.2) is 0 Å². The van der Waals surface area contributed by atoms with Gasteiger partial charge in [0.1, 0.15) is 17.9 Å². The third-order valence-electron chi connectivity index (χ3n) is 5.34. The molecule has 1 amide bonds. The summed E-state index contributed by atoms with van der Waals surface area (Å²) < 4.78 is 7.28. The first kappa shape index (κ1) is 18.2. The summed E-state index contributed by atoms with van der Waals surface area (Å²) in [5.74, 6) is 2.26. The van der Waals surface area contributed by atoms with Crippen LogP contribution in [0.25, 0.3) is 5.69 Å². The molecular formula is C22H24N4O2. The van der Waals surface area contributed by atoms with Crippen LogP contribution in [-0.2, 0) is 6.42 Å². The van der Waals surface area contributed by atoms with Gasteiger partial charge >= 0.3 is 0 Å². The highest BCUT2D eigenvalue weighted by molar-refractivity contribution is 5.94. The summed E-state index contributed by atoms with van der Waals surface area (Å²) in [6.07, 6.45) is 4.58. The van der Waals surface area contributed by atoms with Crippen molar-refractivity contribution >= 4 is 5.91 Å². The van der Waals surface area contributed by atoms with Crippen molar-refractivity contribution in [3.05, 3.63) is 72.3 Å². The maximum atomic E-state index is 12.8. The molecule has 6 nitrogen and oxygen atoms in total. The molecule has 3 aromatic rings. The van der Waals surface area contributed by atoms with Gasteiger partial charge in [-0.2, -0.15) is 0 Å². The minimum atomic E-state index is 0.0739. The summed E-state index contributed by atoms with van der Waals surface area (Å²) in [7, 11) is 1.61. The van der Waals surface area contributed by atoms with E-state index >= 15 is 0 Å². The number of hydrogen-bond acceptors (Lipinski definition) is 4. The van der Waals surface area contributed by atoms with Crippen LogP contribution in [0.2, 0.25) is 0 Å². The van der Waals surface area contributed by atoms with Crippen LogP contribution in [0.1, 0.15) is 29.0 Å². The number of hydrogen-bond donors (Lipinski definition) is 0. The van der Waals surface area contributed by atoms with Crippen LogP contribution >= 0.6 is 0 Å². The largest absolute Gasteiger partial charge is 0.497 e.